The summed E-state index contributed by atoms with van der Waals surface area (Å²) in [4.78, 5) is 0. The van der Waals surface area contributed by atoms with Crippen molar-refractivity contribution in [2.75, 3.05) is 7.11 Å². The Morgan fingerprint density at radius 1 is 1.06 bits per heavy atom. The maximum Gasteiger partial charge on any atom is 0.218 e. The molecule has 2 saturated heterocycles. The molecule has 2 aromatic rings. The SMILES string of the molecule is COc1ccc(Br)cc1C1OC2(C)OC(=N)C(C#N)(C2c2ccccc2)C1(C#N)C#N. The molecule has 1 N–H and O–H groups in total. The Hall–Kier alpha value is -3.38. The van der Waals surface area contributed by atoms with E-state index in [1.54, 1.807) is 49.4 Å². The molecule has 2 aliphatic heterocycles. The lowest BCUT2D eigenvalue weighted by molar-refractivity contribution is -0.253. The molecular weight excluding hydrogens is 460 g/mol. The Kier molecular flexibility index (Phi) is 4.78. The summed E-state index contributed by atoms with van der Waals surface area (Å²) in [6, 6.07) is 20.3. The van der Waals surface area contributed by atoms with E-state index in [9.17, 15) is 15.8 Å². The lowest BCUT2D eigenvalue weighted by Gasteiger charge is -2.49. The van der Waals surface area contributed by atoms with Crippen LogP contribution in [-0.4, -0.2) is 18.8 Å². The van der Waals surface area contributed by atoms with Gasteiger partial charge >= 0.3 is 0 Å². The minimum atomic E-state index is -2.08. The van der Waals surface area contributed by atoms with Crippen molar-refractivity contribution < 1.29 is 14.2 Å². The molecule has 0 aliphatic carbocycles. The van der Waals surface area contributed by atoms with Gasteiger partial charge in [0.2, 0.25) is 17.1 Å². The zero-order chi connectivity index (χ0) is 22.4. The van der Waals surface area contributed by atoms with Gasteiger partial charge in [0.25, 0.3) is 0 Å². The Morgan fingerprint density at radius 2 is 1.74 bits per heavy atom. The van der Waals surface area contributed by atoms with Gasteiger partial charge < -0.3 is 14.2 Å². The van der Waals surface area contributed by atoms with Crippen LogP contribution >= 0.6 is 15.9 Å². The molecule has 4 atom stereocenters. The number of methoxy groups -OCH3 is 1. The van der Waals surface area contributed by atoms with Crippen molar-refractivity contribution in [3.63, 3.8) is 0 Å². The summed E-state index contributed by atoms with van der Waals surface area (Å²) in [5.41, 5.74) is -2.93. The van der Waals surface area contributed by atoms with E-state index >= 15 is 0 Å². The summed E-state index contributed by atoms with van der Waals surface area (Å²) >= 11 is 3.41. The normalized spacial score (nSPS) is 30.4. The van der Waals surface area contributed by atoms with Gasteiger partial charge in [0, 0.05) is 17.0 Å². The number of benzene rings is 2. The third-order valence-electron chi connectivity index (χ3n) is 6.12. The summed E-state index contributed by atoms with van der Waals surface area (Å²) < 4.78 is 18.3. The Morgan fingerprint density at radius 3 is 2.32 bits per heavy atom. The Balaban J connectivity index is 2.07. The molecule has 4 unspecified atom stereocenters. The molecular formula is C23H17BrN4O3. The van der Waals surface area contributed by atoms with Crippen LogP contribution in [0, 0.1) is 50.2 Å². The van der Waals surface area contributed by atoms with Crippen molar-refractivity contribution in [2.24, 2.45) is 10.8 Å². The van der Waals surface area contributed by atoms with Crippen LogP contribution < -0.4 is 4.74 Å². The topological polar surface area (TPSA) is 123 Å². The van der Waals surface area contributed by atoms with Gasteiger partial charge in [-0.05, 0) is 23.8 Å². The number of halogens is 1. The number of hydrogen-bond donors (Lipinski definition) is 1. The van der Waals surface area contributed by atoms with Crippen LogP contribution in [0.2, 0.25) is 0 Å². The van der Waals surface area contributed by atoms with Gasteiger partial charge in [-0.15, -0.1) is 0 Å². The van der Waals surface area contributed by atoms with Gasteiger partial charge in [-0.3, -0.25) is 5.41 Å². The molecule has 31 heavy (non-hydrogen) atoms. The summed E-state index contributed by atoms with van der Waals surface area (Å²) in [6.45, 7) is 1.63. The van der Waals surface area contributed by atoms with Gasteiger partial charge in [0.1, 0.15) is 11.9 Å². The van der Waals surface area contributed by atoms with Gasteiger partial charge in [-0.1, -0.05) is 46.3 Å². The van der Waals surface area contributed by atoms with Crippen molar-refractivity contribution in [3.05, 3.63) is 64.1 Å². The molecule has 0 radical (unpaired) electrons. The molecule has 2 aliphatic rings. The average Bonchev–Trinajstić information content (AvgIpc) is 2.97. The Labute approximate surface area is 188 Å². The standard InChI is InChI=1S/C23H17BrN4O3/c1-21-18(14-6-4-3-5-7-14)23(13-27,20(28)31-21)22(11-25,12-26)19(30-21)16-10-15(24)8-9-17(16)29-2/h3-10,18-19,28H,1-2H3. The molecule has 0 spiro atoms. The van der Waals surface area contributed by atoms with Crippen LogP contribution in [0.25, 0.3) is 0 Å². The monoisotopic (exact) mass is 476 g/mol. The zero-order valence-electron chi connectivity index (χ0n) is 16.7. The fraction of sp³-hybridized carbons (Fsp3) is 0.304. The largest absolute Gasteiger partial charge is 0.496 e. The maximum atomic E-state index is 10.5. The third-order valence-corrected chi connectivity index (χ3v) is 6.62. The molecule has 154 valence electrons. The van der Waals surface area contributed by atoms with Gasteiger partial charge in [0.05, 0.1) is 31.2 Å². The van der Waals surface area contributed by atoms with Crippen molar-refractivity contribution >= 4 is 21.8 Å². The number of hydrogen-bond acceptors (Lipinski definition) is 7. The van der Waals surface area contributed by atoms with E-state index in [-0.39, 0.29) is 0 Å². The predicted molar refractivity (Wildman–Crippen MR) is 113 cm³/mol. The lowest BCUT2D eigenvalue weighted by atomic mass is 9.52. The van der Waals surface area contributed by atoms with E-state index in [1.165, 1.54) is 7.11 Å². The first kappa shape index (κ1) is 20.9. The highest BCUT2D eigenvalue weighted by Gasteiger charge is 2.80. The number of nitrogens with zero attached hydrogens (tertiary/aromatic N) is 3. The van der Waals surface area contributed by atoms with E-state index in [4.69, 9.17) is 19.6 Å². The van der Waals surface area contributed by atoms with Crippen molar-refractivity contribution in [1.82, 2.24) is 0 Å². The van der Waals surface area contributed by atoms with Crippen LogP contribution in [0.1, 0.15) is 30.1 Å². The quantitative estimate of drug-likeness (QED) is 0.691. The summed E-state index contributed by atoms with van der Waals surface area (Å²) in [5, 5.41) is 39.8. The van der Waals surface area contributed by atoms with E-state index in [0.717, 1.165) is 0 Å². The third kappa shape index (κ3) is 2.55. The van der Waals surface area contributed by atoms with Gasteiger partial charge in [0.15, 0.2) is 5.41 Å². The number of fused-ring (bicyclic) bond motifs is 2. The molecule has 7 nitrogen and oxygen atoms in total. The molecule has 2 heterocycles. The number of ether oxygens (including phenoxy) is 3. The molecule has 8 heteroatoms. The number of nitrogens with one attached hydrogen (secondary N) is 1. The summed E-state index contributed by atoms with van der Waals surface area (Å²) in [7, 11) is 1.47. The second-order valence-electron chi connectivity index (χ2n) is 7.63. The fourth-order valence-electron chi connectivity index (χ4n) is 4.82. The number of rotatable bonds is 3. The van der Waals surface area contributed by atoms with E-state index in [2.05, 4.69) is 34.1 Å². The molecule has 4 rings (SSSR count). The smallest absolute Gasteiger partial charge is 0.218 e. The molecule has 0 saturated carbocycles. The second-order valence-corrected chi connectivity index (χ2v) is 8.54. The highest BCUT2D eigenvalue weighted by atomic mass is 79.9. The minimum absolute atomic E-state index is 0.392. The molecule has 2 bridgehead atoms. The lowest BCUT2D eigenvalue weighted by Crippen LogP contribution is -2.57. The molecule has 2 aromatic carbocycles. The zero-order valence-corrected chi connectivity index (χ0v) is 18.3. The summed E-state index contributed by atoms with van der Waals surface area (Å²) in [5.74, 6) is -2.38. The molecule has 0 amide bonds. The van der Waals surface area contributed by atoms with Crippen molar-refractivity contribution in [3.8, 4) is 24.0 Å². The minimum Gasteiger partial charge on any atom is -0.496 e. The first-order valence-corrected chi connectivity index (χ1v) is 10.2. The highest BCUT2D eigenvalue weighted by molar-refractivity contribution is 9.10. The average molecular weight is 477 g/mol. The van der Waals surface area contributed by atoms with E-state index in [0.29, 0.717) is 21.3 Å². The van der Waals surface area contributed by atoms with Crippen LogP contribution in [0.5, 0.6) is 5.75 Å². The van der Waals surface area contributed by atoms with Crippen LogP contribution in [0.4, 0.5) is 0 Å². The van der Waals surface area contributed by atoms with Crippen molar-refractivity contribution in [2.45, 2.75) is 24.7 Å². The van der Waals surface area contributed by atoms with Crippen LogP contribution in [0.3, 0.4) is 0 Å². The fourth-order valence-corrected chi connectivity index (χ4v) is 5.20. The van der Waals surface area contributed by atoms with Gasteiger partial charge in [-0.2, -0.15) is 15.8 Å². The van der Waals surface area contributed by atoms with Crippen LogP contribution in [0.15, 0.2) is 53.0 Å². The molecule has 2 fully saturated rings. The first-order chi connectivity index (χ1) is 14.8. The predicted octanol–water partition coefficient (Wildman–Crippen LogP) is 4.58. The molecule has 0 aromatic heterocycles. The van der Waals surface area contributed by atoms with Crippen LogP contribution in [-0.2, 0) is 9.47 Å². The van der Waals surface area contributed by atoms with E-state index < -0.39 is 34.5 Å². The number of nitriles is 3. The Bertz CT molecular complexity index is 1180. The summed E-state index contributed by atoms with van der Waals surface area (Å²) in [6.07, 6.45) is -1.21. The highest BCUT2D eigenvalue weighted by Crippen LogP contribution is 2.69. The van der Waals surface area contributed by atoms with Crippen molar-refractivity contribution in [1.29, 1.82) is 21.2 Å². The first-order valence-electron chi connectivity index (χ1n) is 9.41. The second kappa shape index (κ2) is 7.10. The van der Waals surface area contributed by atoms with Gasteiger partial charge in [-0.25, -0.2) is 0 Å². The maximum absolute atomic E-state index is 10.5. The van der Waals surface area contributed by atoms with E-state index in [1.807, 2.05) is 6.07 Å².